The van der Waals surface area contributed by atoms with Crippen LogP contribution in [0.25, 0.3) is 21.3 Å². The Bertz CT molecular complexity index is 743. The van der Waals surface area contributed by atoms with Crippen molar-refractivity contribution in [1.82, 2.24) is 4.98 Å². The predicted octanol–water partition coefficient (Wildman–Crippen LogP) is 3.75. The van der Waals surface area contributed by atoms with Gasteiger partial charge in [-0.3, -0.25) is 0 Å². The molecule has 2 aromatic carbocycles. The third-order valence-corrected chi connectivity index (χ3v) is 3.92. The summed E-state index contributed by atoms with van der Waals surface area (Å²) in [6.07, 6.45) is 1.56. The average Bonchev–Trinajstić information content (AvgIpc) is 2.95. The maximum absolute atomic E-state index is 11.5. The highest BCUT2D eigenvalue weighted by molar-refractivity contribution is 7.16. The highest BCUT2D eigenvalue weighted by Crippen LogP contribution is 2.31. The minimum atomic E-state index is -0.344. The monoisotopic (exact) mass is 269 g/mol. The van der Waals surface area contributed by atoms with E-state index in [9.17, 15) is 4.79 Å². The first-order valence-electron chi connectivity index (χ1n) is 5.82. The van der Waals surface area contributed by atoms with Crippen molar-refractivity contribution in [3.05, 3.63) is 53.5 Å². The van der Waals surface area contributed by atoms with Gasteiger partial charge in [-0.2, -0.15) is 0 Å². The number of fused-ring (bicyclic) bond motifs is 1. The zero-order chi connectivity index (χ0) is 13.2. The molecule has 94 valence electrons. The molecule has 0 N–H and O–H groups in total. The van der Waals surface area contributed by atoms with E-state index in [1.54, 1.807) is 6.20 Å². The highest BCUT2D eigenvalue weighted by atomic mass is 32.1. The normalized spacial score (nSPS) is 10.6. The number of carbonyl (C=O) groups is 1. The van der Waals surface area contributed by atoms with E-state index in [-0.39, 0.29) is 5.97 Å². The number of hydrogen-bond acceptors (Lipinski definition) is 4. The Morgan fingerprint density at radius 3 is 2.79 bits per heavy atom. The Morgan fingerprint density at radius 1 is 1.16 bits per heavy atom. The summed E-state index contributed by atoms with van der Waals surface area (Å²) in [7, 11) is 1.37. The van der Waals surface area contributed by atoms with Crippen molar-refractivity contribution in [2.45, 2.75) is 0 Å². The minimum Gasteiger partial charge on any atom is -0.465 e. The molecule has 0 bridgehead atoms. The maximum atomic E-state index is 11.5. The topological polar surface area (TPSA) is 39.2 Å². The van der Waals surface area contributed by atoms with Crippen LogP contribution in [-0.2, 0) is 4.74 Å². The summed E-state index contributed by atoms with van der Waals surface area (Å²) in [5.41, 5.74) is 1.04. The molecule has 0 aliphatic heterocycles. The Hall–Kier alpha value is -2.20. The Morgan fingerprint density at radius 2 is 1.95 bits per heavy atom. The minimum absolute atomic E-state index is 0.344. The lowest BCUT2D eigenvalue weighted by Crippen LogP contribution is -1.96. The predicted molar refractivity (Wildman–Crippen MR) is 76.4 cm³/mol. The third kappa shape index (κ3) is 2.11. The van der Waals surface area contributed by atoms with Crippen molar-refractivity contribution in [3.8, 4) is 10.6 Å². The van der Waals surface area contributed by atoms with Gasteiger partial charge in [-0.15, -0.1) is 11.3 Å². The summed E-state index contributed by atoms with van der Waals surface area (Å²) in [6.45, 7) is 0. The van der Waals surface area contributed by atoms with E-state index >= 15 is 0 Å². The number of hydrogen-bond donors (Lipinski definition) is 0. The molecule has 0 unspecified atom stereocenters. The number of ether oxygens (including phenoxy) is 1. The summed E-state index contributed by atoms with van der Waals surface area (Å²) in [6, 6.07) is 14.2. The van der Waals surface area contributed by atoms with Crippen LogP contribution in [0.4, 0.5) is 0 Å². The van der Waals surface area contributed by atoms with Crippen LogP contribution in [0.3, 0.4) is 0 Å². The van der Waals surface area contributed by atoms with Gasteiger partial charge in [0.15, 0.2) is 0 Å². The van der Waals surface area contributed by atoms with Crippen LogP contribution in [0.15, 0.2) is 48.7 Å². The zero-order valence-electron chi connectivity index (χ0n) is 10.3. The molecule has 0 aliphatic rings. The van der Waals surface area contributed by atoms with E-state index < -0.39 is 0 Å². The van der Waals surface area contributed by atoms with Gasteiger partial charge in [0.1, 0.15) is 9.88 Å². The molecule has 0 saturated heterocycles. The Balaban J connectivity index is 2.14. The van der Waals surface area contributed by atoms with Gasteiger partial charge in [-0.1, -0.05) is 42.5 Å². The van der Waals surface area contributed by atoms with E-state index in [1.807, 2.05) is 24.3 Å². The van der Waals surface area contributed by atoms with Crippen molar-refractivity contribution in [2.24, 2.45) is 0 Å². The number of methoxy groups -OCH3 is 1. The molecule has 19 heavy (non-hydrogen) atoms. The largest absolute Gasteiger partial charge is 0.465 e. The lowest BCUT2D eigenvalue weighted by atomic mass is 10.1. The Labute approximate surface area is 114 Å². The van der Waals surface area contributed by atoms with Gasteiger partial charge >= 0.3 is 5.97 Å². The quantitative estimate of drug-likeness (QED) is 0.665. The van der Waals surface area contributed by atoms with Gasteiger partial charge in [-0.05, 0) is 10.8 Å². The zero-order valence-corrected chi connectivity index (χ0v) is 11.1. The van der Waals surface area contributed by atoms with E-state index in [0.717, 1.165) is 21.3 Å². The van der Waals surface area contributed by atoms with Gasteiger partial charge < -0.3 is 4.74 Å². The number of thiazole rings is 1. The molecule has 0 aliphatic carbocycles. The molecule has 3 aromatic rings. The van der Waals surface area contributed by atoms with E-state index in [0.29, 0.717) is 4.88 Å². The van der Waals surface area contributed by atoms with Gasteiger partial charge in [0, 0.05) is 5.56 Å². The molecule has 3 rings (SSSR count). The van der Waals surface area contributed by atoms with E-state index in [4.69, 9.17) is 4.74 Å². The van der Waals surface area contributed by atoms with Crippen molar-refractivity contribution in [2.75, 3.05) is 7.11 Å². The first-order chi connectivity index (χ1) is 9.29. The van der Waals surface area contributed by atoms with Gasteiger partial charge in [0.2, 0.25) is 0 Å². The van der Waals surface area contributed by atoms with Crippen LogP contribution in [0.5, 0.6) is 0 Å². The number of benzene rings is 2. The molecule has 1 heterocycles. The molecular formula is C15H11NO2S. The summed E-state index contributed by atoms with van der Waals surface area (Å²) in [5.74, 6) is -0.344. The van der Waals surface area contributed by atoms with E-state index in [2.05, 4.69) is 23.2 Å². The molecule has 0 radical (unpaired) electrons. The van der Waals surface area contributed by atoms with Crippen LogP contribution < -0.4 is 0 Å². The molecule has 3 nitrogen and oxygen atoms in total. The van der Waals surface area contributed by atoms with Crippen LogP contribution in [-0.4, -0.2) is 18.1 Å². The van der Waals surface area contributed by atoms with Gasteiger partial charge in [0.25, 0.3) is 0 Å². The van der Waals surface area contributed by atoms with Crippen molar-refractivity contribution in [3.63, 3.8) is 0 Å². The Kier molecular flexibility index (Phi) is 3.01. The molecule has 4 heteroatoms. The fourth-order valence-corrected chi connectivity index (χ4v) is 2.88. The lowest BCUT2D eigenvalue weighted by Gasteiger charge is -2.02. The second kappa shape index (κ2) is 4.82. The first-order valence-corrected chi connectivity index (χ1v) is 6.63. The summed E-state index contributed by atoms with van der Waals surface area (Å²) in [4.78, 5) is 16.3. The standard InChI is InChI=1S/C15H11NO2S/c1-18-15(17)13-9-16-14(19-13)12-8-4-6-10-5-2-3-7-11(10)12/h2-9H,1H3. The second-order valence-corrected chi connectivity index (χ2v) is 5.08. The summed E-state index contributed by atoms with van der Waals surface area (Å²) in [5, 5.41) is 3.13. The summed E-state index contributed by atoms with van der Waals surface area (Å²) >= 11 is 1.35. The first kappa shape index (κ1) is 11.9. The number of nitrogens with zero attached hydrogens (tertiary/aromatic N) is 1. The molecule has 0 atom stereocenters. The number of carbonyl (C=O) groups excluding carboxylic acids is 1. The average molecular weight is 269 g/mol. The van der Waals surface area contributed by atoms with Crippen molar-refractivity contribution < 1.29 is 9.53 Å². The van der Waals surface area contributed by atoms with E-state index in [1.165, 1.54) is 18.4 Å². The van der Waals surface area contributed by atoms with Crippen molar-refractivity contribution in [1.29, 1.82) is 0 Å². The molecule has 1 aromatic heterocycles. The number of aromatic nitrogens is 1. The molecule has 0 spiro atoms. The maximum Gasteiger partial charge on any atom is 0.349 e. The highest BCUT2D eigenvalue weighted by Gasteiger charge is 2.13. The molecule has 0 fully saturated rings. The fourth-order valence-electron chi connectivity index (χ4n) is 2.01. The van der Waals surface area contributed by atoms with Gasteiger partial charge in [-0.25, -0.2) is 9.78 Å². The van der Waals surface area contributed by atoms with Crippen molar-refractivity contribution >= 4 is 28.1 Å². The molecule has 0 amide bonds. The molecule has 0 saturated carbocycles. The molecular weight excluding hydrogens is 258 g/mol. The van der Waals surface area contributed by atoms with Crippen LogP contribution in [0.2, 0.25) is 0 Å². The number of esters is 1. The second-order valence-electron chi connectivity index (χ2n) is 4.05. The lowest BCUT2D eigenvalue weighted by molar-refractivity contribution is 0.0606. The van der Waals surface area contributed by atoms with Gasteiger partial charge in [0.05, 0.1) is 13.3 Å². The van der Waals surface area contributed by atoms with Crippen LogP contribution in [0.1, 0.15) is 9.67 Å². The number of rotatable bonds is 2. The fraction of sp³-hybridized carbons (Fsp3) is 0.0667. The van der Waals surface area contributed by atoms with Crippen LogP contribution >= 0.6 is 11.3 Å². The smallest absolute Gasteiger partial charge is 0.349 e. The van der Waals surface area contributed by atoms with Crippen LogP contribution in [0, 0.1) is 0 Å². The third-order valence-electron chi connectivity index (χ3n) is 2.91. The SMILES string of the molecule is COC(=O)c1cnc(-c2cccc3ccccc23)s1. The summed E-state index contributed by atoms with van der Waals surface area (Å²) < 4.78 is 4.70.